The van der Waals surface area contributed by atoms with E-state index in [1.54, 1.807) is 24.1 Å². The minimum Gasteiger partial charge on any atom is -0.341 e. The first-order valence-electron chi connectivity index (χ1n) is 9.29. The lowest BCUT2D eigenvalue weighted by atomic mass is 10.2. The van der Waals surface area contributed by atoms with E-state index >= 15 is 0 Å². The van der Waals surface area contributed by atoms with Gasteiger partial charge in [0.2, 0.25) is 11.1 Å². The third-order valence-corrected chi connectivity index (χ3v) is 5.55. The van der Waals surface area contributed by atoms with Gasteiger partial charge in [0.25, 0.3) is 0 Å². The Balaban J connectivity index is 1.49. The van der Waals surface area contributed by atoms with Crippen LogP contribution in [-0.2, 0) is 17.9 Å². The second kappa shape index (κ2) is 8.16. The van der Waals surface area contributed by atoms with Crippen LogP contribution in [0.5, 0.6) is 0 Å². The van der Waals surface area contributed by atoms with Crippen molar-refractivity contribution in [1.82, 2.24) is 24.6 Å². The van der Waals surface area contributed by atoms with E-state index < -0.39 is 0 Å². The fraction of sp³-hybridized carbons (Fsp3) is 0.238. The molecule has 6 nitrogen and oxygen atoms in total. The first kappa shape index (κ1) is 19.3. The predicted molar refractivity (Wildman–Crippen MR) is 112 cm³/mol. The summed E-state index contributed by atoms with van der Waals surface area (Å²) in [6.45, 7) is 3.17. The van der Waals surface area contributed by atoms with Gasteiger partial charge < -0.3 is 9.47 Å². The minimum absolute atomic E-state index is 0.0843. The van der Waals surface area contributed by atoms with Crippen LogP contribution in [0.25, 0.3) is 22.1 Å². The highest BCUT2D eigenvalue weighted by Gasteiger charge is 2.16. The zero-order valence-corrected chi connectivity index (χ0v) is 17.0. The summed E-state index contributed by atoms with van der Waals surface area (Å²) in [6.07, 6.45) is 0. The van der Waals surface area contributed by atoms with Crippen molar-refractivity contribution in [2.75, 3.05) is 12.8 Å². The number of aromatic nitrogens is 4. The van der Waals surface area contributed by atoms with E-state index in [0.717, 1.165) is 34.2 Å². The SMILES string of the molecule is CCn1c2ccccc2c2nnc(SCC(=O)N(C)Cc3cccc(F)c3)nc21. The summed E-state index contributed by atoms with van der Waals surface area (Å²) in [7, 11) is 1.70. The molecule has 148 valence electrons. The zero-order chi connectivity index (χ0) is 20.4. The summed E-state index contributed by atoms with van der Waals surface area (Å²) >= 11 is 1.25. The van der Waals surface area contributed by atoms with Crippen LogP contribution in [-0.4, -0.2) is 43.4 Å². The van der Waals surface area contributed by atoms with Gasteiger partial charge in [-0.15, -0.1) is 10.2 Å². The molecule has 0 spiro atoms. The van der Waals surface area contributed by atoms with Crippen LogP contribution < -0.4 is 0 Å². The Hall–Kier alpha value is -3.00. The molecule has 4 rings (SSSR count). The normalized spacial score (nSPS) is 11.3. The second-order valence-electron chi connectivity index (χ2n) is 6.70. The van der Waals surface area contributed by atoms with E-state index in [9.17, 15) is 9.18 Å². The molecule has 0 aliphatic heterocycles. The van der Waals surface area contributed by atoms with Crippen LogP contribution in [0.15, 0.2) is 53.7 Å². The zero-order valence-electron chi connectivity index (χ0n) is 16.2. The average molecular weight is 409 g/mol. The van der Waals surface area contributed by atoms with Crippen LogP contribution in [0.4, 0.5) is 4.39 Å². The van der Waals surface area contributed by atoms with E-state index in [1.165, 1.54) is 23.9 Å². The Morgan fingerprint density at radius 2 is 2.00 bits per heavy atom. The molecular weight excluding hydrogens is 389 g/mol. The van der Waals surface area contributed by atoms with Crippen molar-refractivity contribution < 1.29 is 9.18 Å². The van der Waals surface area contributed by atoms with Gasteiger partial charge in [-0.25, -0.2) is 9.37 Å². The number of carbonyl (C=O) groups excluding carboxylic acids is 1. The van der Waals surface area contributed by atoms with Crippen molar-refractivity contribution in [2.24, 2.45) is 0 Å². The van der Waals surface area contributed by atoms with Gasteiger partial charge in [-0.3, -0.25) is 4.79 Å². The number of halogens is 1. The van der Waals surface area contributed by atoms with E-state index in [4.69, 9.17) is 0 Å². The Bertz CT molecular complexity index is 1190. The number of hydrogen-bond donors (Lipinski definition) is 0. The number of thioether (sulfide) groups is 1. The van der Waals surface area contributed by atoms with E-state index in [1.807, 2.05) is 24.3 Å². The number of para-hydroxylation sites is 1. The summed E-state index contributed by atoms with van der Waals surface area (Å²) in [6, 6.07) is 14.3. The van der Waals surface area contributed by atoms with E-state index in [0.29, 0.717) is 11.7 Å². The van der Waals surface area contributed by atoms with Gasteiger partial charge in [0.05, 0.1) is 11.3 Å². The molecule has 2 aromatic carbocycles. The second-order valence-corrected chi connectivity index (χ2v) is 7.64. The summed E-state index contributed by atoms with van der Waals surface area (Å²) in [5.41, 5.74) is 3.35. The molecule has 0 bridgehead atoms. The first-order chi connectivity index (χ1) is 14.1. The quantitative estimate of drug-likeness (QED) is 0.452. The highest BCUT2D eigenvalue weighted by Crippen LogP contribution is 2.27. The number of fused-ring (bicyclic) bond motifs is 3. The molecule has 8 heteroatoms. The molecular formula is C21H20FN5OS. The van der Waals surface area contributed by atoms with Crippen molar-refractivity contribution >= 4 is 39.7 Å². The lowest BCUT2D eigenvalue weighted by Crippen LogP contribution is -2.27. The maximum atomic E-state index is 13.3. The van der Waals surface area contributed by atoms with Gasteiger partial charge in [-0.2, -0.15) is 0 Å². The number of benzene rings is 2. The molecule has 29 heavy (non-hydrogen) atoms. The molecule has 0 saturated heterocycles. The van der Waals surface area contributed by atoms with Gasteiger partial charge in [-0.05, 0) is 30.7 Å². The number of amides is 1. The fourth-order valence-corrected chi connectivity index (χ4v) is 4.03. The van der Waals surface area contributed by atoms with Crippen LogP contribution in [0.3, 0.4) is 0 Å². The summed E-state index contributed by atoms with van der Waals surface area (Å²) < 4.78 is 15.4. The summed E-state index contributed by atoms with van der Waals surface area (Å²) in [4.78, 5) is 18.7. The molecule has 2 heterocycles. The molecule has 0 N–H and O–H groups in total. The summed E-state index contributed by atoms with van der Waals surface area (Å²) in [5.74, 6) is -0.207. The number of nitrogens with zero attached hydrogens (tertiary/aromatic N) is 5. The lowest BCUT2D eigenvalue weighted by molar-refractivity contribution is -0.127. The van der Waals surface area contributed by atoms with Crippen molar-refractivity contribution in [2.45, 2.75) is 25.2 Å². The Kier molecular flexibility index (Phi) is 5.44. The van der Waals surface area contributed by atoms with Gasteiger partial charge in [-0.1, -0.05) is 42.1 Å². The number of aryl methyl sites for hydroxylation is 1. The predicted octanol–water partition coefficient (Wildman–Crippen LogP) is 3.89. The molecule has 0 aliphatic carbocycles. The van der Waals surface area contributed by atoms with E-state index in [2.05, 4.69) is 26.7 Å². The maximum absolute atomic E-state index is 13.3. The molecule has 0 aliphatic rings. The van der Waals surface area contributed by atoms with Gasteiger partial charge in [0.15, 0.2) is 5.65 Å². The fourth-order valence-electron chi connectivity index (χ4n) is 3.30. The van der Waals surface area contributed by atoms with Crippen LogP contribution in [0.2, 0.25) is 0 Å². The third kappa shape index (κ3) is 3.93. The van der Waals surface area contributed by atoms with Crippen molar-refractivity contribution in [3.63, 3.8) is 0 Å². The van der Waals surface area contributed by atoms with Crippen LogP contribution >= 0.6 is 11.8 Å². The average Bonchev–Trinajstić information content (AvgIpc) is 3.04. The molecule has 0 saturated carbocycles. The van der Waals surface area contributed by atoms with Gasteiger partial charge in [0, 0.05) is 25.5 Å². The molecule has 0 atom stereocenters. The maximum Gasteiger partial charge on any atom is 0.233 e. The smallest absolute Gasteiger partial charge is 0.233 e. The first-order valence-corrected chi connectivity index (χ1v) is 10.3. The third-order valence-electron chi connectivity index (χ3n) is 4.73. The highest BCUT2D eigenvalue weighted by molar-refractivity contribution is 7.99. The lowest BCUT2D eigenvalue weighted by Gasteiger charge is -2.16. The van der Waals surface area contributed by atoms with Crippen molar-refractivity contribution in [1.29, 1.82) is 0 Å². The van der Waals surface area contributed by atoms with E-state index in [-0.39, 0.29) is 17.5 Å². The topological polar surface area (TPSA) is 63.9 Å². The largest absolute Gasteiger partial charge is 0.341 e. The molecule has 0 fully saturated rings. The number of rotatable bonds is 6. The van der Waals surface area contributed by atoms with Crippen molar-refractivity contribution in [3.8, 4) is 0 Å². The minimum atomic E-state index is -0.309. The highest BCUT2D eigenvalue weighted by atomic mass is 32.2. The standard InChI is InChI=1S/C21H20FN5OS/c1-3-27-17-10-5-4-9-16(17)19-20(27)23-21(25-24-19)29-13-18(28)26(2)12-14-7-6-8-15(22)11-14/h4-11H,3,12-13H2,1-2H3. The van der Waals surface area contributed by atoms with Gasteiger partial charge >= 0.3 is 0 Å². The molecule has 1 amide bonds. The monoisotopic (exact) mass is 409 g/mol. The van der Waals surface area contributed by atoms with Crippen LogP contribution in [0, 0.1) is 5.82 Å². The van der Waals surface area contributed by atoms with Crippen LogP contribution in [0.1, 0.15) is 12.5 Å². The van der Waals surface area contributed by atoms with Crippen molar-refractivity contribution in [3.05, 3.63) is 59.9 Å². The Labute approximate surface area is 171 Å². The summed E-state index contributed by atoms with van der Waals surface area (Å²) in [5, 5.41) is 10.0. The molecule has 0 unspecified atom stereocenters. The Morgan fingerprint density at radius 3 is 2.79 bits per heavy atom. The Morgan fingerprint density at radius 1 is 1.17 bits per heavy atom. The number of hydrogen-bond acceptors (Lipinski definition) is 5. The molecule has 0 radical (unpaired) electrons. The van der Waals surface area contributed by atoms with Gasteiger partial charge in [0.1, 0.15) is 11.3 Å². The molecule has 2 aromatic heterocycles. The number of carbonyl (C=O) groups is 1. The molecule has 4 aromatic rings.